The number of nitrogens with zero attached hydrogens (tertiary/aromatic N) is 1. The van der Waals surface area contributed by atoms with Crippen molar-refractivity contribution >= 4 is 11.0 Å². The molecule has 0 spiro atoms. The van der Waals surface area contributed by atoms with Crippen LogP contribution in [-0.4, -0.2) is 11.9 Å². The number of hydrogen-bond acceptors (Lipinski definition) is 3. The predicted molar refractivity (Wildman–Crippen MR) is 103 cm³/mol. The summed E-state index contributed by atoms with van der Waals surface area (Å²) in [7, 11) is 2.08. The first-order chi connectivity index (χ1) is 11.8. The molecule has 2 aromatic carbocycles. The molecule has 0 aliphatic heterocycles. The zero-order valence-electron chi connectivity index (χ0n) is 15.6. The highest BCUT2D eigenvalue weighted by atomic mass is 16.4. The maximum Gasteiger partial charge on any atom is 0.336 e. The summed E-state index contributed by atoms with van der Waals surface area (Å²) >= 11 is 0. The van der Waals surface area contributed by atoms with Crippen LogP contribution in [0.3, 0.4) is 0 Å². The van der Waals surface area contributed by atoms with Gasteiger partial charge in [-0.05, 0) is 62.6 Å². The summed E-state index contributed by atoms with van der Waals surface area (Å²) in [6.07, 6.45) is 0. The van der Waals surface area contributed by atoms with Gasteiger partial charge in [-0.1, -0.05) is 35.9 Å². The van der Waals surface area contributed by atoms with E-state index in [1.54, 1.807) is 6.07 Å². The Balaban J connectivity index is 1.92. The molecule has 0 saturated heterocycles. The minimum Gasteiger partial charge on any atom is -0.422 e. The molecule has 0 N–H and O–H groups in total. The molecule has 130 valence electrons. The van der Waals surface area contributed by atoms with Gasteiger partial charge in [0, 0.05) is 24.5 Å². The Morgan fingerprint density at radius 2 is 1.60 bits per heavy atom. The summed E-state index contributed by atoms with van der Waals surface area (Å²) in [6.45, 7) is 9.85. The van der Waals surface area contributed by atoms with Crippen molar-refractivity contribution in [3.63, 3.8) is 0 Å². The average molecular weight is 335 g/mol. The molecule has 25 heavy (non-hydrogen) atoms. The van der Waals surface area contributed by atoms with Crippen molar-refractivity contribution < 1.29 is 4.42 Å². The first kappa shape index (κ1) is 17.4. The zero-order chi connectivity index (χ0) is 18.1. The summed E-state index contributed by atoms with van der Waals surface area (Å²) in [6, 6.07) is 12.3. The van der Waals surface area contributed by atoms with Crippen molar-refractivity contribution in [3.8, 4) is 0 Å². The second-order valence-corrected chi connectivity index (χ2v) is 7.08. The molecular formula is C22H25NO2. The van der Waals surface area contributed by atoms with Gasteiger partial charge >= 0.3 is 5.63 Å². The fourth-order valence-electron chi connectivity index (χ4n) is 3.32. The van der Waals surface area contributed by atoms with Gasteiger partial charge in [-0.2, -0.15) is 0 Å². The van der Waals surface area contributed by atoms with Crippen LogP contribution < -0.4 is 5.63 Å². The summed E-state index contributed by atoms with van der Waals surface area (Å²) in [5.41, 5.74) is 7.51. The van der Waals surface area contributed by atoms with Gasteiger partial charge < -0.3 is 4.42 Å². The third kappa shape index (κ3) is 3.67. The molecule has 3 aromatic rings. The van der Waals surface area contributed by atoms with E-state index in [0.29, 0.717) is 12.1 Å². The maximum absolute atomic E-state index is 12.0. The smallest absolute Gasteiger partial charge is 0.336 e. The molecule has 0 fully saturated rings. The molecule has 0 radical (unpaired) electrons. The van der Waals surface area contributed by atoms with E-state index in [1.807, 2.05) is 13.8 Å². The first-order valence-electron chi connectivity index (χ1n) is 8.63. The lowest BCUT2D eigenvalue weighted by atomic mass is 10.0. The molecule has 3 nitrogen and oxygen atoms in total. The summed E-state index contributed by atoms with van der Waals surface area (Å²) in [4.78, 5) is 14.3. The average Bonchev–Trinajstić information content (AvgIpc) is 2.54. The van der Waals surface area contributed by atoms with Gasteiger partial charge in [0.25, 0.3) is 0 Å². The van der Waals surface area contributed by atoms with Gasteiger partial charge in [-0.3, -0.25) is 4.90 Å². The van der Waals surface area contributed by atoms with Crippen molar-refractivity contribution in [1.82, 2.24) is 4.90 Å². The van der Waals surface area contributed by atoms with E-state index >= 15 is 0 Å². The first-order valence-corrected chi connectivity index (χ1v) is 8.63. The lowest BCUT2D eigenvalue weighted by Gasteiger charge is -2.19. The molecule has 0 bridgehead atoms. The highest BCUT2D eigenvalue weighted by Crippen LogP contribution is 2.24. The van der Waals surface area contributed by atoms with Crippen LogP contribution >= 0.6 is 0 Å². The molecular weight excluding hydrogens is 310 g/mol. The van der Waals surface area contributed by atoms with Crippen LogP contribution in [0.5, 0.6) is 0 Å². The highest BCUT2D eigenvalue weighted by molar-refractivity contribution is 5.83. The molecule has 0 saturated carbocycles. The van der Waals surface area contributed by atoms with E-state index in [9.17, 15) is 4.79 Å². The van der Waals surface area contributed by atoms with E-state index in [0.717, 1.165) is 28.6 Å². The van der Waals surface area contributed by atoms with Crippen LogP contribution in [0.25, 0.3) is 11.0 Å². The molecule has 1 heterocycles. The fraction of sp³-hybridized carbons (Fsp3) is 0.318. The number of aryl methyl sites for hydroxylation is 4. The van der Waals surface area contributed by atoms with Crippen LogP contribution in [0.15, 0.2) is 45.6 Å². The van der Waals surface area contributed by atoms with Gasteiger partial charge in [0.15, 0.2) is 0 Å². The Bertz CT molecular complexity index is 985. The second kappa shape index (κ2) is 6.85. The second-order valence-electron chi connectivity index (χ2n) is 7.08. The summed E-state index contributed by atoms with van der Waals surface area (Å²) < 4.78 is 5.47. The molecule has 0 aliphatic carbocycles. The molecule has 0 atom stereocenters. The van der Waals surface area contributed by atoms with Gasteiger partial charge in [0.1, 0.15) is 5.58 Å². The lowest BCUT2D eigenvalue weighted by Crippen LogP contribution is -2.19. The lowest BCUT2D eigenvalue weighted by molar-refractivity contribution is 0.318. The van der Waals surface area contributed by atoms with E-state index in [4.69, 9.17) is 4.42 Å². The van der Waals surface area contributed by atoms with E-state index < -0.39 is 0 Å². The molecule has 0 amide bonds. The minimum absolute atomic E-state index is 0.281. The van der Waals surface area contributed by atoms with Crippen molar-refractivity contribution in [2.75, 3.05) is 7.05 Å². The zero-order valence-corrected chi connectivity index (χ0v) is 15.6. The van der Waals surface area contributed by atoms with Crippen LogP contribution in [0, 0.1) is 27.7 Å². The SMILES string of the molecule is Cc1ccc(CN(C)Cc2cc(=O)oc3c(C)c(C)ccc23)c(C)c1. The number of fused-ring (bicyclic) bond motifs is 1. The van der Waals surface area contributed by atoms with E-state index in [2.05, 4.69) is 56.1 Å². The Hall–Kier alpha value is -2.39. The Labute approximate surface area is 148 Å². The van der Waals surface area contributed by atoms with Gasteiger partial charge in [0.05, 0.1) is 0 Å². The third-order valence-corrected chi connectivity index (χ3v) is 4.90. The fourth-order valence-corrected chi connectivity index (χ4v) is 3.32. The van der Waals surface area contributed by atoms with Gasteiger partial charge in [-0.25, -0.2) is 4.79 Å². The molecule has 1 aromatic heterocycles. The minimum atomic E-state index is -0.281. The Morgan fingerprint density at radius 3 is 2.32 bits per heavy atom. The van der Waals surface area contributed by atoms with Crippen molar-refractivity contribution in [3.05, 3.63) is 80.2 Å². The summed E-state index contributed by atoms with van der Waals surface area (Å²) in [5.74, 6) is 0. The van der Waals surface area contributed by atoms with Crippen molar-refractivity contribution in [2.24, 2.45) is 0 Å². The van der Waals surface area contributed by atoms with Crippen LogP contribution in [0.4, 0.5) is 0 Å². The van der Waals surface area contributed by atoms with Crippen LogP contribution in [0.1, 0.15) is 33.4 Å². The highest BCUT2D eigenvalue weighted by Gasteiger charge is 2.12. The standard InChI is InChI=1S/C22H25NO2/c1-14-6-8-18(16(3)10-14)12-23(5)13-19-11-21(24)25-22-17(4)15(2)7-9-20(19)22/h6-11H,12-13H2,1-5H3. The van der Waals surface area contributed by atoms with Crippen LogP contribution in [0.2, 0.25) is 0 Å². The van der Waals surface area contributed by atoms with Crippen molar-refractivity contribution in [1.29, 1.82) is 0 Å². The number of benzene rings is 2. The Morgan fingerprint density at radius 1 is 0.880 bits per heavy atom. The van der Waals surface area contributed by atoms with E-state index in [-0.39, 0.29) is 5.63 Å². The summed E-state index contributed by atoms with van der Waals surface area (Å²) in [5, 5.41) is 1.02. The number of hydrogen-bond donors (Lipinski definition) is 0. The normalized spacial score (nSPS) is 11.4. The van der Waals surface area contributed by atoms with Crippen molar-refractivity contribution in [2.45, 2.75) is 40.8 Å². The monoisotopic (exact) mass is 335 g/mol. The molecule has 3 rings (SSSR count). The largest absolute Gasteiger partial charge is 0.422 e. The van der Waals surface area contributed by atoms with Gasteiger partial charge in [-0.15, -0.1) is 0 Å². The quantitative estimate of drug-likeness (QED) is 0.650. The topological polar surface area (TPSA) is 33.5 Å². The Kier molecular flexibility index (Phi) is 4.78. The van der Waals surface area contributed by atoms with Gasteiger partial charge in [0.2, 0.25) is 0 Å². The molecule has 0 aliphatic rings. The van der Waals surface area contributed by atoms with E-state index in [1.165, 1.54) is 16.7 Å². The third-order valence-electron chi connectivity index (χ3n) is 4.90. The molecule has 3 heteroatoms. The maximum atomic E-state index is 12.0. The molecule has 0 unspecified atom stereocenters. The predicted octanol–water partition coefficient (Wildman–Crippen LogP) is 4.66. The van der Waals surface area contributed by atoms with Crippen LogP contribution in [-0.2, 0) is 13.1 Å². The number of rotatable bonds is 4.